The van der Waals surface area contributed by atoms with Crippen LogP contribution in [0.25, 0.3) is 11.1 Å². The van der Waals surface area contributed by atoms with E-state index in [2.05, 4.69) is 0 Å². The second-order valence-corrected chi connectivity index (χ2v) is 9.32. The average molecular weight is 485 g/mol. The summed E-state index contributed by atoms with van der Waals surface area (Å²) in [6.07, 6.45) is 3.68. The standard InChI is InChI=1S/C29H31F3O3/c1-2-3-27(34)20-6-4-19(5-7-20)25-14-10-21(28(31)29(25)32)17-35-23-12-8-18(9-13-23)24-15-11-22(33)16-26(24)30/h4-7,10-11,14-16,18,23,27,33-34H,2-3,8-9,12-13,17H2,1H3. The molecule has 186 valence electrons. The Hall–Kier alpha value is -2.83. The molecule has 0 bridgehead atoms. The van der Waals surface area contributed by atoms with E-state index in [0.29, 0.717) is 30.4 Å². The number of aromatic hydroxyl groups is 1. The molecular weight excluding hydrogens is 453 g/mol. The molecule has 0 saturated heterocycles. The highest BCUT2D eigenvalue weighted by Gasteiger charge is 2.25. The Kier molecular flexibility index (Phi) is 8.14. The predicted molar refractivity (Wildman–Crippen MR) is 130 cm³/mol. The summed E-state index contributed by atoms with van der Waals surface area (Å²) in [7, 11) is 0. The van der Waals surface area contributed by atoms with Crippen molar-refractivity contribution in [3.63, 3.8) is 0 Å². The van der Waals surface area contributed by atoms with Crippen molar-refractivity contribution >= 4 is 0 Å². The number of halogens is 3. The number of hydrogen-bond donors (Lipinski definition) is 2. The van der Waals surface area contributed by atoms with E-state index in [9.17, 15) is 23.4 Å². The molecule has 1 atom stereocenters. The summed E-state index contributed by atoms with van der Waals surface area (Å²) in [6, 6.07) is 14.2. The molecule has 4 rings (SSSR count). The molecule has 0 radical (unpaired) electrons. The van der Waals surface area contributed by atoms with Gasteiger partial charge in [-0.25, -0.2) is 13.2 Å². The molecule has 35 heavy (non-hydrogen) atoms. The van der Waals surface area contributed by atoms with Gasteiger partial charge in [-0.15, -0.1) is 0 Å². The van der Waals surface area contributed by atoms with Crippen molar-refractivity contribution in [1.82, 2.24) is 0 Å². The maximum atomic E-state index is 14.9. The maximum Gasteiger partial charge on any atom is 0.167 e. The second kappa shape index (κ2) is 11.3. The Bertz CT molecular complexity index is 1140. The molecular formula is C29H31F3O3. The Morgan fingerprint density at radius 1 is 0.914 bits per heavy atom. The molecule has 1 unspecified atom stereocenters. The van der Waals surface area contributed by atoms with E-state index in [4.69, 9.17) is 4.74 Å². The zero-order valence-electron chi connectivity index (χ0n) is 19.8. The van der Waals surface area contributed by atoms with Crippen molar-refractivity contribution in [2.45, 2.75) is 70.2 Å². The molecule has 0 amide bonds. The fraction of sp³-hybridized carbons (Fsp3) is 0.379. The lowest BCUT2D eigenvalue weighted by atomic mass is 9.82. The molecule has 3 aromatic carbocycles. The molecule has 1 saturated carbocycles. The van der Waals surface area contributed by atoms with Gasteiger partial charge in [0.1, 0.15) is 11.6 Å². The molecule has 6 heteroatoms. The highest BCUT2D eigenvalue weighted by Crippen LogP contribution is 2.36. The van der Waals surface area contributed by atoms with Gasteiger partial charge < -0.3 is 14.9 Å². The summed E-state index contributed by atoms with van der Waals surface area (Å²) in [5.41, 5.74) is 2.22. The number of phenolic OH excluding ortho intramolecular Hbond substituents is 1. The molecule has 2 N–H and O–H groups in total. The number of rotatable bonds is 8. The number of phenols is 1. The molecule has 0 aliphatic heterocycles. The number of aliphatic hydroxyl groups excluding tert-OH is 1. The van der Waals surface area contributed by atoms with Crippen LogP contribution >= 0.6 is 0 Å². The molecule has 0 aromatic heterocycles. The maximum absolute atomic E-state index is 14.9. The monoisotopic (exact) mass is 484 g/mol. The minimum Gasteiger partial charge on any atom is -0.508 e. The molecule has 0 heterocycles. The van der Waals surface area contributed by atoms with Crippen LogP contribution < -0.4 is 0 Å². The van der Waals surface area contributed by atoms with Gasteiger partial charge in [0.25, 0.3) is 0 Å². The number of ether oxygens (including phenoxy) is 1. The first-order valence-corrected chi connectivity index (χ1v) is 12.2. The first-order chi connectivity index (χ1) is 16.9. The third-order valence-corrected chi connectivity index (χ3v) is 6.90. The van der Waals surface area contributed by atoms with Crippen LogP contribution in [0.5, 0.6) is 5.75 Å². The summed E-state index contributed by atoms with van der Waals surface area (Å²) < 4.78 is 49.7. The third-order valence-electron chi connectivity index (χ3n) is 6.90. The van der Waals surface area contributed by atoms with E-state index < -0.39 is 23.6 Å². The Balaban J connectivity index is 1.36. The Morgan fingerprint density at radius 3 is 2.29 bits per heavy atom. The molecule has 3 nitrogen and oxygen atoms in total. The molecule has 3 aromatic rings. The predicted octanol–water partition coefficient (Wildman–Crippen LogP) is 7.55. The van der Waals surface area contributed by atoms with Crippen molar-refractivity contribution < 1.29 is 28.1 Å². The van der Waals surface area contributed by atoms with E-state index in [1.165, 1.54) is 6.07 Å². The van der Waals surface area contributed by atoms with Crippen molar-refractivity contribution in [3.05, 3.63) is 88.7 Å². The van der Waals surface area contributed by atoms with Crippen LogP contribution in [0.3, 0.4) is 0 Å². The van der Waals surface area contributed by atoms with E-state index >= 15 is 0 Å². The van der Waals surface area contributed by atoms with Crippen molar-refractivity contribution in [2.75, 3.05) is 0 Å². The van der Waals surface area contributed by atoms with Crippen LogP contribution in [0.2, 0.25) is 0 Å². The average Bonchev–Trinajstić information content (AvgIpc) is 2.86. The minimum atomic E-state index is -0.919. The SMILES string of the molecule is CCCC(O)c1ccc(-c2ccc(COC3CCC(c4ccc(O)cc4F)CC3)c(F)c2F)cc1. The number of hydrogen-bond acceptors (Lipinski definition) is 3. The first kappa shape index (κ1) is 25.3. The van der Waals surface area contributed by atoms with E-state index in [1.807, 2.05) is 6.92 Å². The zero-order chi connectivity index (χ0) is 24.9. The van der Waals surface area contributed by atoms with Gasteiger partial charge in [0.2, 0.25) is 0 Å². The van der Waals surface area contributed by atoms with Crippen LogP contribution in [-0.4, -0.2) is 16.3 Å². The largest absolute Gasteiger partial charge is 0.508 e. The summed E-state index contributed by atoms with van der Waals surface area (Å²) in [4.78, 5) is 0. The summed E-state index contributed by atoms with van der Waals surface area (Å²) in [5.74, 6) is -2.28. The first-order valence-electron chi connectivity index (χ1n) is 12.2. The minimum absolute atomic E-state index is 0.0336. The van der Waals surface area contributed by atoms with Crippen LogP contribution in [0.15, 0.2) is 54.6 Å². The van der Waals surface area contributed by atoms with Gasteiger partial charge in [0.05, 0.1) is 18.8 Å². The fourth-order valence-electron chi connectivity index (χ4n) is 4.84. The Morgan fingerprint density at radius 2 is 1.63 bits per heavy atom. The summed E-state index contributed by atoms with van der Waals surface area (Å²) in [6.45, 7) is 1.96. The van der Waals surface area contributed by atoms with Gasteiger partial charge in [-0.1, -0.05) is 55.8 Å². The molecule has 1 fully saturated rings. The van der Waals surface area contributed by atoms with Crippen LogP contribution in [-0.2, 0) is 11.3 Å². The normalized spacial score (nSPS) is 19.0. The van der Waals surface area contributed by atoms with Crippen molar-refractivity contribution in [1.29, 1.82) is 0 Å². The second-order valence-electron chi connectivity index (χ2n) is 9.32. The molecule has 1 aliphatic rings. The van der Waals surface area contributed by atoms with E-state index in [-0.39, 0.29) is 35.5 Å². The van der Waals surface area contributed by atoms with Gasteiger partial charge in [0.15, 0.2) is 11.6 Å². The van der Waals surface area contributed by atoms with Gasteiger partial charge in [0, 0.05) is 17.2 Å². The van der Waals surface area contributed by atoms with E-state index in [0.717, 1.165) is 30.9 Å². The molecule has 1 aliphatic carbocycles. The van der Waals surface area contributed by atoms with Crippen molar-refractivity contribution in [3.8, 4) is 16.9 Å². The fourth-order valence-corrected chi connectivity index (χ4v) is 4.84. The third kappa shape index (κ3) is 5.88. The van der Waals surface area contributed by atoms with Crippen molar-refractivity contribution in [2.24, 2.45) is 0 Å². The van der Waals surface area contributed by atoms with Gasteiger partial charge in [-0.05, 0) is 60.8 Å². The van der Waals surface area contributed by atoms with Gasteiger partial charge in [-0.2, -0.15) is 0 Å². The number of aliphatic hydroxyl groups is 1. The van der Waals surface area contributed by atoms with Gasteiger partial charge in [-0.3, -0.25) is 0 Å². The Labute approximate surface area is 204 Å². The highest BCUT2D eigenvalue weighted by molar-refractivity contribution is 5.65. The van der Waals surface area contributed by atoms with Crippen LogP contribution in [0.1, 0.15) is 74.2 Å². The summed E-state index contributed by atoms with van der Waals surface area (Å²) >= 11 is 0. The van der Waals surface area contributed by atoms with E-state index in [1.54, 1.807) is 42.5 Å². The number of benzene rings is 3. The summed E-state index contributed by atoms with van der Waals surface area (Å²) in [5, 5.41) is 19.5. The van der Waals surface area contributed by atoms with Crippen LogP contribution in [0, 0.1) is 17.5 Å². The quantitative estimate of drug-likeness (QED) is 0.347. The topological polar surface area (TPSA) is 49.7 Å². The smallest absolute Gasteiger partial charge is 0.167 e. The van der Waals surface area contributed by atoms with Crippen LogP contribution in [0.4, 0.5) is 13.2 Å². The lowest BCUT2D eigenvalue weighted by molar-refractivity contribution is 0.0117. The lowest BCUT2D eigenvalue weighted by Gasteiger charge is -2.29. The molecule has 0 spiro atoms. The lowest BCUT2D eigenvalue weighted by Crippen LogP contribution is -2.21. The van der Waals surface area contributed by atoms with Gasteiger partial charge >= 0.3 is 0 Å². The highest BCUT2D eigenvalue weighted by atomic mass is 19.2. The zero-order valence-corrected chi connectivity index (χ0v) is 19.8.